The quantitative estimate of drug-likeness (QED) is 0.892. The van der Waals surface area contributed by atoms with Crippen molar-refractivity contribution in [3.8, 4) is 0 Å². The Labute approximate surface area is 137 Å². The average Bonchev–Trinajstić information content (AvgIpc) is 2.83. The van der Waals surface area contributed by atoms with E-state index < -0.39 is 5.72 Å². The lowest BCUT2D eigenvalue weighted by atomic mass is 9.97. The van der Waals surface area contributed by atoms with E-state index in [-0.39, 0.29) is 5.91 Å². The maximum atomic E-state index is 12.8. The van der Waals surface area contributed by atoms with Crippen LogP contribution >= 0.6 is 15.9 Å². The van der Waals surface area contributed by atoms with Crippen molar-refractivity contribution < 1.29 is 9.90 Å². The van der Waals surface area contributed by atoms with Crippen molar-refractivity contribution in [2.45, 2.75) is 19.1 Å². The molecule has 0 spiro atoms. The Morgan fingerprint density at radius 2 is 1.95 bits per heavy atom. The highest BCUT2D eigenvalue weighted by atomic mass is 79.9. The lowest BCUT2D eigenvalue weighted by molar-refractivity contribution is -0.0765. The third-order valence-corrected chi connectivity index (χ3v) is 4.12. The lowest BCUT2D eigenvalue weighted by Gasteiger charge is -2.31. The predicted octanol–water partition coefficient (Wildman–Crippen LogP) is 3.52. The minimum absolute atomic E-state index is 0.302. The predicted molar refractivity (Wildman–Crippen MR) is 88.4 cm³/mol. The molecule has 0 saturated carbocycles. The molecule has 0 aromatic heterocycles. The van der Waals surface area contributed by atoms with Gasteiger partial charge in [-0.25, -0.2) is 0 Å². The second-order valence-electron chi connectivity index (χ2n) is 5.32. The number of carbonyl (C=O) groups is 1. The molecular weight excluding hydrogens is 344 g/mol. The van der Waals surface area contributed by atoms with Crippen molar-refractivity contribution in [3.05, 3.63) is 70.2 Å². The molecule has 1 atom stereocenters. The second-order valence-corrected chi connectivity index (χ2v) is 6.24. The summed E-state index contributed by atoms with van der Waals surface area (Å²) in [4.78, 5) is 12.8. The largest absolute Gasteiger partial charge is 0.365 e. The SMILES string of the molecule is CC1=NN(C(=O)c2cccc(Br)c2)[C@@](O)(c2ccccc2)C1. The molecule has 22 heavy (non-hydrogen) atoms. The first-order valence-corrected chi connectivity index (χ1v) is 7.72. The van der Waals surface area contributed by atoms with E-state index in [0.717, 1.165) is 10.2 Å². The van der Waals surface area contributed by atoms with Crippen LogP contribution in [0.5, 0.6) is 0 Å². The third-order valence-electron chi connectivity index (χ3n) is 3.62. The Hall–Kier alpha value is -1.98. The molecule has 1 heterocycles. The summed E-state index contributed by atoms with van der Waals surface area (Å²) >= 11 is 3.36. The summed E-state index contributed by atoms with van der Waals surface area (Å²) in [6, 6.07) is 16.2. The summed E-state index contributed by atoms with van der Waals surface area (Å²) in [6.07, 6.45) is 0.302. The summed E-state index contributed by atoms with van der Waals surface area (Å²) in [5.74, 6) is -0.329. The number of hydrazone groups is 1. The fourth-order valence-corrected chi connectivity index (χ4v) is 3.01. The standard InChI is InChI=1S/C17H15BrN2O2/c1-12-11-17(22,14-7-3-2-4-8-14)20(19-12)16(21)13-6-5-9-15(18)10-13/h2-10,22H,11H2,1H3/t17-/m0/s1. The van der Waals surface area contributed by atoms with Gasteiger partial charge in [0.1, 0.15) is 0 Å². The fraction of sp³-hybridized carbons (Fsp3) is 0.176. The lowest BCUT2D eigenvalue weighted by Crippen LogP contribution is -2.43. The molecule has 2 aromatic carbocycles. The first kappa shape index (κ1) is 14.9. The summed E-state index contributed by atoms with van der Waals surface area (Å²) in [5, 5.41) is 16.5. The van der Waals surface area contributed by atoms with E-state index in [4.69, 9.17) is 0 Å². The van der Waals surface area contributed by atoms with Gasteiger partial charge in [-0.3, -0.25) is 4.79 Å². The maximum Gasteiger partial charge on any atom is 0.276 e. The van der Waals surface area contributed by atoms with E-state index in [9.17, 15) is 9.90 Å². The van der Waals surface area contributed by atoms with Crippen LogP contribution in [0.15, 0.2) is 64.2 Å². The van der Waals surface area contributed by atoms with Gasteiger partial charge in [0.25, 0.3) is 5.91 Å². The van der Waals surface area contributed by atoms with E-state index in [0.29, 0.717) is 17.5 Å². The number of benzene rings is 2. The smallest absolute Gasteiger partial charge is 0.276 e. The Morgan fingerprint density at radius 1 is 1.23 bits per heavy atom. The van der Waals surface area contributed by atoms with Crippen LogP contribution in [0.2, 0.25) is 0 Å². The molecule has 1 amide bonds. The molecule has 0 unspecified atom stereocenters. The van der Waals surface area contributed by atoms with Crippen molar-refractivity contribution in [1.82, 2.24) is 5.01 Å². The van der Waals surface area contributed by atoms with Crippen LogP contribution in [0, 0.1) is 0 Å². The molecule has 3 rings (SSSR count). The van der Waals surface area contributed by atoms with E-state index >= 15 is 0 Å². The zero-order valence-electron chi connectivity index (χ0n) is 12.0. The molecule has 0 saturated heterocycles. The molecule has 1 N–H and O–H groups in total. The highest BCUT2D eigenvalue weighted by molar-refractivity contribution is 9.10. The van der Waals surface area contributed by atoms with E-state index in [1.54, 1.807) is 30.3 Å². The Morgan fingerprint density at radius 3 is 2.64 bits per heavy atom. The number of amides is 1. The highest BCUT2D eigenvalue weighted by Crippen LogP contribution is 2.36. The first-order chi connectivity index (χ1) is 10.5. The summed E-state index contributed by atoms with van der Waals surface area (Å²) in [5.41, 5.74) is 0.404. The van der Waals surface area contributed by atoms with Gasteiger partial charge in [-0.15, -0.1) is 0 Å². The van der Waals surface area contributed by atoms with Crippen LogP contribution in [0.4, 0.5) is 0 Å². The van der Waals surface area contributed by atoms with Crippen LogP contribution in [-0.4, -0.2) is 21.7 Å². The van der Waals surface area contributed by atoms with Crippen molar-refractivity contribution in [1.29, 1.82) is 0 Å². The van der Waals surface area contributed by atoms with Crippen molar-refractivity contribution in [2.75, 3.05) is 0 Å². The molecule has 1 aliphatic heterocycles. The van der Waals surface area contributed by atoms with Gasteiger partial charge >= 0.3 is 0 Å². The minimum Gasteiger partial charge on any atom is -0.365 e. The Bertz CT molecular complexity index is 745. The van der Waals surface area contributed by atoms with E-state index in [2.05, 4.69) is 21.0 Å². The topological polar surface area (TPSA) is 52.9 Å². The molecule has 2 aromatic rings. The van der Waals surface area contributed by atoms with Gasteiger partial charge in [-0.1, -0.05) is 52.3 Å². The van der Waals surface area contributed by atoms with Gasteiger partial charge < -0.3 is 5.11 Å². The number of hydrogen-bond donors (Lipinski definition) is 1. The van der Waals surface area contributed by atoms with Gasteiger partial charge in [0, 0.05) is 27.7 Å². The summed E-state index contributed by atoms with van der Waals surface area (Å²) < 4.78 is 0.807. The molecule has 5 heteroatoms. The molecule has 0 radical (unpaired) electrons. The van der Waals surface area contributed by atoms with Crippen LogP contribution in [0.1, 0.15) is 29.3 Å². The van der Waals surface area contributed by atoms with Gasteiger partial charge in [0.2, 0.25) is 0 Å². The van der Waals surface area contributed by atoms with Gasteiger partial charge in [-0.2, -0.15) is 10.1 Å². The van der Waals surface area contributed by atoms with Gasteiger partial charge in [0.05, 0.1) is 0 Å². The van der Waals surface area contributed by atoms with Crippen LogP contribution in [0.25, 0.3) is 0 Å². The van der Waals surface area contributed by atoms with Crippen LogP contribution in [-0.2, 0) is 5.72 Å². The summed E-state index contributed by atoms with van der Waals surface area (Å²) in [7, 11) is 0. The maximum absolute atomic E-state index is 12.8. The number of halogens is 1. The number of hydrogen-bond acceptors (Lipinski definition) is 3. The molecular formula is C17H15BrN2O2. The van der Waals surface area contributed by atoms with Gasteiger partial charge in [-0.05, 0) is 25.1 Å². The van der Waals surface area contributed by atoms with Crippen molar-refractivity contribution in [2.24, 2.45) is 5.10 Å². The number of rotatable bonds is 2. The second kappa shape index (κ2) is 5.66. The fourth-order valence-electron chi connectivity index (χ4n) is 2.61. The Kier molecular flexibility index (Phi) is 3.85. The molecule has 1 aliphatic rings. The van der Waals surface area contributed by atoms with Crippen LogP contribution in [0.3, 0.4) is 0 Å². The molecule has 0 aliphatic carbocycles. The first-order valence-electron chi connectivity index (χ1n) is 6.93. The van der Waals surface area contributed by atoms with E-state index in [1.807, 2.05) is 31.2 Å². The number of carbonyl (C=O) groups excluding carboxylic acids is 1. The molecule has 0 fully saturated rings. The minimum atomic E-state index is -1.44. The molecule has 0 bridgehead atoms. The van der Waals surface area contributed by atoms with Crippen molar-refractivity contribution in [3.63, 3.8) is 0 Å². The Balaban J connectivity index is 2.02. The van der Waals surface area contributed by atoms with Crippen molar-refractivity contribution >= 4 is 27.5 Å². The molecule has 4 nitrogen and oxygen atoms in total. The van der Waals surface area contributed by atoms with Crippen LogP contribution < -0.4 is 0 Å². The third kappa shape index (κ3) is 2.58. The number of nitrogens with zero attached hydrogens (tertiary/aromatic N) is 2. The van der Waals surface area contributed by atoms with Gasteiger partial charge in [0.15, 0.2) is 5.72 Å². The monoisotopic (exact) mass is 358 g/mol. The summed E-state index contributed by atoms with van der Waals surface area (Å²) in [6.45, 7) is 1.81. The molecule has 112 valence electrons. The zero-order chi connectivity index (χ0) is 15.7. The number of aliphatic hydroxyl groups is 1. The average molecular weight is 359 g/mol. The van der Waals surface area contributed by atoms with E-state index in [1.165, 1.54) is 5.01 Å². The highest BCUT2D eigenvalue weighted by Gasteiger charge is 2.45. The normalized spacial score (nSPS) is 20.9. The zero-order valence-corrected chi connectivity index (χ0v) is 13.6.